The van der Waals surface area contributed by atoms with Crippen molar-refractivity contribution in [3.05, 3.63) is 34.9 Å². The Labute approximate surface area is 130 Å². The second-order valence-electron chi connectivity index (χ2n) is 7.14. The fourth-order valence-corrected chi connectivity index (χ4v) is 3.25. The predicted molar refractivity (Wildman–Crippen MR) is 91.6 cm³/mol. The average Bonchev–Trinajstić information content (AvgIpc) is 2.44. The zero-order valence-corrected chi connectivity index (χ0v) is 14.3. The Morgan fingerprint density at radius 3 is 2.33 bits per heavy atom. The van der Waals surface area contributed by atoms with Gasteiger partial charge in [-0.2, -0.15) is 0 Å². The molecule has 0 bridgehead atoms. The highest BCUT2D eigenvalue weighted by Gasteiger charge is 2.19. The van der Waals surface area contributed by atoms with Crippen LogP contribution in [0.2, 0.25) is 0 Å². The molecule has 1 N–H and O–H groups in total. The molecule has 1 saturated heterocycles. The first-order chi connectivity index (χ1) is 10.1. The molecule has 1 fully saturated rings. The summed E-state index contributed by atoms with van der Waals surface area (Å²) >= 11 is 0. The molecule has 0 radical (unpaired) electrons. The van der Waals surface area contributed by atoms with Gasteiger partial charge >= 0.3 is 0 Å². The van der Waals surface area contributed by atoms with Crippen LogP contribution in [0.4, 0.5) is 0 Å². The van der Waals surface area contributed by atoms with Crippen molar-refractivity contribution in [1.29, 1.82) is 0 Å². The lowest BCUT2D eigenvalue weighted by Crippen LogP contribution is -2.37. The normalized spacial score (nSPS) is 17.6. The molecule has 1 aromatic carbocycles. The van der Waals surface area contributed by atoms with Crippen molar-refractivity contribution in [3.8, 4) is 0 Å². The number of nitrogens with one attached hydrogen (secondary N) is 1. The molecule has 21 heavy (non-hydrogen) atoms. The van der Waals surface area contributed by atoms with E-state index in [4.69, 9.17) is 0 Å². The predicted octanol–water partition coefficient (Wildman–Crippen LogP) is 3.76. The molecule has 0 atom stereocenters. The number of hydrogen-bond donors (Lipinski definition) is 1. The van der Waals surface area contributed by atoms with Gasteiger partial charge in [0.05, 0.1) is 0 Å². The molecule has 0 amide bonds. The summed E-state index contributed by atoms with van der Waals surface area (Å²) in [6.07, 6.45) is 2.69. The van der Waals surface area contributed by atoms with Crippen LogP contribution < -0.4 is 5.32 Å². The molecule has 0 spiro atoms. The molecular weight excluding hydrogens is 256 g/mol. The molecule has 1 aromatic rings. The highest BCUT2D eigenvalue weighted by molar-refractivity contribution is 5.33. The summed E-state index contributed by atoms with van der Waals surface area (Å²) in [4.78, 5) is 2.63. The fourth-order valence-electron chi connectivity index (χ4n) is 3.25. The van der Waals surface area contributed by atoms with Crippen molar-refractivity contribution in [3.63, 3.8) is 0 Å². The van der Waals surface area contributed by atoms with E-state index in [0.29, 0.717) is 0 Å². The Bertz CT molecular complexity index is 411. The van der Waals surface area contributed by atoms with Crippen LogP contribution >= 0.6 is 0 Å². The Hall–Kier alpha value is -0.860. The summed E-state index contributed by atoms with van der Waals surface area (Å²) < 4.78 is 0. The molecule has 0 aromatic heterocycles. The fraction of sp³-hybridized carbons (Fsp3) is 0.684. The molecule has 0 aliphatic carbocycles. The van der Waals surface area contributed by atoms with Crippen LogP contribution in [0.3, 0.4) is 0 Å². The lowest BCUT2D eigenvalue weighted by molar-refractivity contribution is 0.174. The van der Waals surface area contributed by atoms with Crippen molar-refractivity contribution in [2.24, 2.45) is 11.8 Å². The summed E-state index contributed by atoms with van der Waals surface area (Å²) in [7, 11) is 0. The number of nitrogens with zero attached hydrogens (tertiary/aromatic N) is 1. The zero-order chi connectivity index (χ0) is 15.2. The number of likely N-dealkylation sites (tertiary alicyclic amines) is 1. The van der Waals surface area contributed by atoms with E-state index in [1.54, 1.807) is 0 Å². The lowest BCUT2D eigenvalue weighted by Gasteiger charge is -2.33. The SMILES string of the molecule is Cc1cccc(C)c1CN1CCC(CNCC(C)C)CC1. The third kappa shape index (κ3) is 5.12. The van der Waals surface area contributed by atoms with E-state index in [9.17, 15) is 0 Å². The summed E-state index contributed by atoms with van der Waals surface area (Å²) in [5.74, 6) is 1.63. The molecule has 118 valence electrons. The van der Waals surface area contributed by atoms with Crippen LogP contribution in [0.15, 0.2) is 18.2 Å². The molecule has 0 unspecified atom stereocenters. The number of hydrogen-bond acceptors (Lipinski definition) is 2. The Morgan fingerprint density at radius 2 is 1.76 bits per heavy atom. The van der Waals surface area contributed by atoms with Gasteiger partial charge in [-0.3, -0.25) is 4.90 Å². The zero-order valence-electron chi connectivity index (χ0n) is 14.3. The van der Waals surface area contributed by atoms with E-state index >= 15 is 0 Å². The van der Waals surface area contributed by atoms with Gasteiger partial charge in [-0.1, -0.05) is 32.0 Å². The van der Waals surface area contributed by atoms with E-state index in [-0.39, 0.29) is 0 Å². The van der Waals surface area contributed by atoms with Crippen LogP contribution in [-0.2, 0) is 6.54 Å². The Morgan fingerprint density at radius 1 is 1.14 bits per heavy atom. The molecule has 0 saturated carbocycles. The van der Waals surface area contributed by atoms with Crippen molar-refractivity contribution < 1.29 is 0 Å². The average molecular weight is 288 g/mol. The van der Waals surface area contributed by atoms with E-state index < -0.39 is 0 Å². The number of rotatable bonds is 6. The van der Waals surface area contributed by atoms with Crippen LogP contribution in [0.1, 0.15) is 43.4 Å². The summed E-state index contributed by atoms with van der Waals surface area (Å²) in [5.41, 5.74) is 4.42. The highest BCUT2D eigenvalue weighted by Crippen LogP contribution is 2.21. The van der Waals surface area contributed by atoms with Gasteiger partial charge < -0.3 is 5.32 Å². The third-order valence-corrected chi connectivity index (χ3v) is 4.72. The Balaban J connectivity index is 1.76. The molecule has 2 heteroatoms. The topological polar surface area (TPSA) is 15.3 Å². The second kappa shape index (κ2) is 7.95. The lowest BCUT2D eigenvalue weighted by atomic mass is 9.95. The van der Waals surface area contributed by atoms with Crippen LogP contribution in [0, 0.1) is 25.7 Å². The van der Waals surface area contributed by atoms with Gasteiger partial charge in [0.15, 0.2) is 0 Å². The van der Waals surface area contributed by atoms with E-state index in [1.807, 2.05) is 0 Å². The maximum atomic E-state index is 3.62. The molecule has 1 heterocycles. The molecule has 2 nitrogen and oxygen atoms in total. The monoisotopic (exact) mass is 288 g/mol. The first-order valence-electron chi connectivity index (χ1n) is 8.54. The molecule has 2 rings (SSSR count). The smallest absolute Gasteiger partial charge is 0.0238 e. The minimum absolute atomic E-state index is 0.758. The first kappa shape index (κ1) is 16.5. The van der Waals surface area contributed by atoms with Gasteiger partial charge in [-0.05, 0) is 81.4 Å². The van der Waals surface area contributed by atoms with Gasteiger partial charge in [0, 0.05) is 6.54 Å². The van der Waals surface area contributed by atoms with Gasteiger partial charge in [0.2, 0.25) is 0 Å². The number of benzene rings is 1. The van der Waals surface area contributed by atoms with Crippen LogP contribution in [-0.4, -0.2) is 31.1 Å². The van der Waals surface area contributed by atoms with Gasteiger partial charge in [-0.25, -0.2) is 0 Å². The minimum Gasteiger partial charge on any atom is -0.316 e. The van der Waals surface area contributed by atoms with Crippen molar-refractivity contribution >= 4 is 0 Å². The van der Waals surface area contributed by atoms with Crippen molar-refractivity contribution in [2.75, 3.05) is 26.2 Å². The molecule has 1 aliphatic heterocycles. The van der Waals surface area contributed by atoms with E-state index in [2.05, 4.69) is 56.1 Å². The number of aryl methyl sites for hydroxylation is 2. The van der Waals surface area contributed by atoms with Crippen LogP contribution in [0.25, 0.3) is 0 Å². The maximum absolute atomic E-state index is 3.62. The summed E-state index contributed by atoms with van der Waals surface area (Å²) in [6, 6.07) is 6.65. The van der Waals surface area contributed by atoms with Gasteiger partial charge in [0.25, 0.3) is 0 Å². The van der Waals surface area contributed by atoms with Crippen molar-refractivity contribution in [1.82, 2.24) is 10.2 Å². The Kier molecular flexibility index (Phi) is 6.25. The van der Waals surface area contributed by atoms with Crippen molar-refractivity contribution in [2.45, 2.75) is 47.1 Å². The first-order valence-corrected chi connectivity index (χ1v) is 8.54. The van der Waals surface area contributed by atoms with E-state index in [1.165, 1.54) is 49.2 Å². The number of piperidine rings is 1. The highest BCUT2D eigenvalue weighted by atomic mass is 15.1. The molecule has 1 aliphatic rings. The van der Waals surface area contributed by atoms with Gasteiger partial charge in [0.1, 0.15) is 0 Å². The minimum atomic E-state index is 0.758. The summed E-state index contributed by atoms with van der Waals surface area (Å²) in [6.45, 7) is 15.0. The molecular formula is C19H32N2. The quantitative estimate of drug-likeness (QED) is 0.857. The van der Waals surface area contributed by atoms with Crippen LogP contribution in [0.5, 0.6) is 0 Å². The van der Waals surface area contributed by atoms with Gasteiger partial charge in [-0.15, -0.1) is 0 Å². The second-order valence-corrected chi connectivity index (χ2v) is 7.14. The summed E-state index contributed by atoms with van der Waals surface area (Å²) in [5, 5.41) is 3.62. The standard InChI is InChI=1S/C19H32N2/c1-15(2)12-20-13-18-8-10-21(11-9-18)14-19-16(3)6-5-7-17(19)4/h5-7,15,18,20H,8-14H2,1-4H3. The van der Waals surface area contributed by atoms with E-state index in [0.717, 1.165) is 24.9 Å². The third-order valence-electron chi connectivity index (χ3n) is 4.72. The maximum Gasteiger partial charge on any atom is 0.0238 e. The largest absolute Gasteiger partial charge is 0.316 e.